The van der Waals surface area contributed by atoms with E-state index in [1.54, 1.807) is 0 Å². The normalized spacial score (nSPS) is 31.6. The van der Waals surface area contributed by atoms with E-state index in [-0.39, 0.29) is 0 Å². The number of halogens is 3. The van der Waals surface area contributed by atoms with E-state index in [9.17, 15) is 45.3 Å². The molecule has 1 aliphatic carbocycles. The predicted molar refractivity (Wildman–Crippen MR) is 117 cm³/mol. The van der Waals surface area contributed by atoms with Crippen molar-refractivity contribution in [1.29, 1.82) is 0 Å². The first-order chi connectivity index (χ1) is 18.2. The second-order valence-corrected chi connectivity index (χ2v) is 11.6. The summed E-state index contributed by atoms with van der Waals surface area (Å²) in [7, 11) is -6.25. The highest BCUT2D eigenvalue weighted by Crippen LogP contribution is 2.52. The summed E-state index contributed by atoms with van der Waals surface area (Å²) in [5.74, 6) is -5.23. The second kappa shape index (κ2) is 10.8. The van der Waals surface area contributed by atoms with Gasteiger partial charge in [-0.2, -0.15) is 8.78 Å². The number of hydrogen-bond acceptors (Lipinski definition) is 12. The lowest BCUT2D eigenvalue weighted by Crippen LogP contribution is -2.49. The first kappa shape index (κ1) is 29.5. The summed E-state index contributed by atoms with van der Waals surface area (Å²) in [4.78, 5) is 49.8. The van der Waals surface area contributed by atoms with Crippen LogP contribution < -0.4 is 0 Å². The monoisotopic (exact) mass is 585 g/mol. The van der Waals surface area contributed by atoms with Crippen molar-refractivity contribution in [2.45, 2.75) is 99.7 Å². The molecule has 0 amide bonds. The summed E-state index contributed by atoms with van der Waals surface area (Å²) in [6.07, 6.45) is -5.83. The molecule has 2 bridgehead atoms. The van der Waals surface area contributed by atoms with Crippen molar-refractivity contribution in [2.24, 2.45) is 11.8 Å². The van der Waals surface area contributed by atoms with Crippen LogP contribution >= 0.6 is 0 Å². The summed E-state index contributed by atoms with van der Waals surface area (Å²) in [6, 6.07) is 0. The van der Waals surface area contributed by atoms with Gasteiger partial charge in [-0.25, -0.2) is 12.8 Å². The Bertz CT molecular complexity index is 1110. The van der Waals surface area contributed by atoms with Gasteiger partial charge in [-0.15, -0.1) is 0 Å². The first-order valence-electron chi connectivity index (χ1n) is 12.6. The van der Waals surface area contributed by atoms with Crippen LogP contribution in [0.1, 0.15) is 58.3 Å². The van der Waals surface area contributed by atoms with E-state index in [1.807, 2.05) is 6.92 Å². The van der Waals surface area contributed by atoms with Crippen molar-refractivity contribution in [2.75, 3.05) is 6.61 Å². The molecule has 12 nitrogen and oxygen atoms in total. The Balaban J connectivity index is 1.28. The predicted octanol–water partition coefficient (Wildman–Crippen LogP) is 1.29. The zero-order chi connectivity index (χ0) is 28.8. The zero-order valence-corrected chi connectivity index (χ0v) is 21.7. The van der Waals surface area contributed by atoms with Gasteiger partial charge < -0.3 is 28.2 Å². The third-order valence-corrected chi connectivity index (χ3v) is 8.71. The van der Waals surface area contributed by atoms with Crippen LogP contribution in [-0.4, -0.2) is 84.9 Å². The third-order valence-electron chi connectivity index (χ3n) is 7.79. The van der Waals surface area contributed by atoms with Gasteiger partial charge in [-0.3, -0.25) is 19.2 Å². The number of esters is 4. The van der Waals surface area contributed by atoms with Crippen LogP contribution in [0.5, 0.6) is 0 Å². The average Bonchev–Trinajstić information content (AvgIpc) is 3.60. The first-order valence-corrected chi connectivity index (χ1v) is 14.0. The molecule has 0 aromatic rings. The highest BCUT2D eigenvalue weighted by Gasteiger charge is 2.72. The van der Waals surface area contributed by atoms with Gasteiger partial charge in [0.1, 0.15) is 29.6 Å². The molecule has 3 saturated heterocycles. The van der Waals surface area contributed by atoms with E-state index < -0.39 is 113 Å². The number of rotatable bonds is 12. The number of hydrogen-bond donors (Lipinski definition) is 0. The van der Waals surface area contributed by atoms with E-state index in [0.717, 1.165) is 12.8 Å². The third kappa shape index (κ3) is 5.59. The number of carbonyl (C=O) groups is 4. The van der Waals surface area contributed by atoms with Crippen LogP contribution in [0.15, 0.2) is 0 Å². The Morgan fingerprint density at radius 2 is 1.77 bits per heavy atom. The molecule has 7 atom stereocenters. The van der Waals surface area contributed by atoms with Crippen LogP contribution in [0.3, 0.4) is 0 Å². The van der Waals surface area contributed by atoms with Gasteiger partial charge in [0.2, 0.25) is 0 Å². The van der Waals surface area contributed by atoms with E-state index in [1.165, 1.54) is 0 Å². The van der Waals surface area contributed by atoms with Gasteiger partial charge in [0.25, 0.3) is 0 Å². The lowest BCUT2D eigenvalue weighted by molar-refractivity contribution is -0.173. The van der Waals surface area contributed by atoms with Crippen molar-refractivity contribution >= 4 is 34.0 Å². The maximum atomic E-state index is 13.4. The van der Waals surface area contributed by atoms with Gasteiger partial charge in [0, 0.05) is 6.42 Å². The summed E-state index contributed by atoms with van der Waals surface area (Å²) >= 11 is 0. The molecule has 39 heavy (non-hydrogen) atoms. The smallest absolute Gasteiger partial charge is 0.364 e. The summed E-state index contributed by atoms with van der Waals surface area (Å²) < 4.78 is 97.7. The largest absolute Gasteiger partial charge is 0.743 e. The number of alkyl halides is 3. The Morgan fingerprint density at radius 3 is 2.38 bits per heavy atom. The standard InChI is InChI=1S/C23H29F3O12S/c1-2-22(8-3-4-9-22)38-21(30)15-14-16-19(37-20(14)29)18(17(15)36-16)35-13(28)6-5-12(27)34-10-7-11(24)23(25,26)39(31,32)33/h11,14-19H,2-10H2,1H3,(H,31,32,33)/p-1. The summed E-state index contributed by atoms with van der Waals surface area (Å²) in [5.41, 5.74) is -0.616. The molecule has 4 fully saturated rings. The Kier molecular flexibility index (Phi) is 8.21. The fourth-order valence-corrected chi connectivity index (χ4v) is 6.09. The molecule has 1 saturated carbocycles. The van der Waals surface area contributed by atoms with Gasteiger partial charge in [0.15, 0.2) is 28.5 Å². The molecule has 220 valence electrons. The minimum Gasteiger partial charge on any atom is -0.743 e. The highest BCUT2D eigenvalue weighted by molar-refractivity contribution is 7.86. The molecular formula is C23H28F3O12S-. The SMILES string of the molecule is CCC1(OC(=O)C2C3OC4C(OC(=O)C42)C3OC(=O)CCC(=O)OCCC(F)C(F)(F)S(=O)(=O)[O-])CCCC1. The molecule has 0 aromatic carbocycles. The number of fused-ring (bicyclic) bond motifs is 1. The van der Waals surface area contributed by atoms with Crippen LogP contribution in [-0.2, 0) is 53.0 Å². The molecular weight excluding hydrogens is 557 g/mol. The molecule has 0 radical (unpaired) electrons. The second-order valence-electron chi connectivity index (χ2n) is 10.1. The Morgan fingerprint density at radius 1 is 1.13 bits per heavy atom. The van der Waals surface area contributed by atoms with Gasteiger partial charge >= 0.3 is 29.1 Å². The molecule has 16 heteroatoms. The zero-order valence-electron chi connectivity index (χ0n) is 20.8. The quantitative estimate of drug-likeness (QED) is 0.183. The molecule has 0 aromatic heterocycles. The minimum absolute atomic E-state index is 0.560. The average molecular weight is 586 g/mol. The number of ether oxygens (including phenoxy) is 5. The Hall–Kier alpha value is -2.46. The Labute approximate surface area is 221 Å². The van der Waals surface area contributed by atoms with Crippen molar-refractivity contribution < 1.29 is 69.0 Å². The molecule has 0 N–H and O–H groups in total. The number of carbonyl (C=O) groups excluding carboxylic acids is 4. The lowest BCUT2D eigenvalue weighted by Gasteiger charge is -2.32. The van der Waals surface area contributed by atoms with Gasteiger partial charge in [-0.1, -0.05) is 6.92 Å². The topological polar surface area (TPSA) is 172 Å². The van der Waals surface area contributed by atoms with E-state index >= 15 is 0 Å². The van der Waals surface area contributed by atoms with E-state index in [4.69, 9.17) is 18.9 Å². The van der Waals surface area contributed by atoms with Crippen LogP contribution in [0.25, 0.3) is 0 Å². The fourth-order valence-electron chi connectivity index (χ4n) is 5.66. The molecule has 4 rings (SSSR count). The highest BCUT2D eigenvalue weighted by atomic mass is 32.2. The molecule has 0 spiro atoms. The van der Waals surface area contributed by atoms with Crippen molar-refractivity contribution in [3.63, 3.8) is 0 Å². The minimum atomic E-state index is -6.25. The van der Waals surface area contributed by atoms with Crippen molar-refractivity contribution in [3.8, 4) is 0 Å². The summed E-state index contributed by atoms with van der Waals surface area (Å²) in [5, 5.41) is -5.19. The van der Waals surface area contributed by atoms with Crippen molar-refractivity contribution in [1.82, 2.24) is 0 Å². The molecule has 3 heterocycles. The molecule has 3 aliphatic heterocycles. The van der Waals surface area contributed by atoms with E-state index in [0.29, 0.717) is 19.3 Å². The lowest BCUT2D eigenvalue weighted by atomic mass is 9.78. The van der Waals surface area contributed by atoms with Crippen LogP contribution in [0.2, 0.25) is 0 Å². The summed E-state index contributed by atoms with van der Waals surface area (Å²) in [6.45, 7) is 0.941. The fraction of sp³-hybridized carbons (Fsp3) is 0.826. The van der Waals surface area contributed by atoms with Gasteiger partial charge in [-0.05, 0) is 32.1 Å². The van der Waals surface area contributed by atoms with Crippen LogP contribution in [0.4, 0.5) is 13.2 Å². The molecule has 4 aliphatic rings. The maximum absolute atomic E-state index is 13.4. The van der Waals surface area contributed by atoms with E-state index in [2.05, 4.69) is 4.74 Å². The van der Waals surface area contributed by atoms with Gasteiger partial charge in [0.05, 0.1) is 19.4 Å². The van der Waals surface area contributed by atoms with Crippen LogP contribution in [0, 0.1) is 11.8 Å². The maximum Gasteiger partial charge on any atom is 0.364 e. The molecule has 7 unspecified atom stereocenters. The van der Waals surface area contributed by atoms with Crippen molar-refractivity contribution in [3.05, 3.63) is 0 Å².